The molecule has 2 rings (SSSR count). The number of aliphatic hydroxyl groups excluding tert-OH is 1. The second kappa shape index (κ2) is 7.58. The van der Waals surface area contributed by atoms with Crippen LogP contribution in [0.4, 0.5) is 10.5 Å². The van der Waals surface area contributed by atoms with Crippen LogP contribution in [0, 0.1) is 0 Å². The maximum absolute atomic E-state index is 11.6. The SMILES string of the molecule is CCOC(=O)Nc1ccc2c(C[NH2+]CCO)cc(=O)oc2c1. The van der Waals surface area contributed by atoms with Crippen LogP contribution in [0.2, 0.25) is 0 Å². The molecular formula is C15H19N2O5+. The van der Waals surface area contributed by atoms with Crippen LogP contribution in [0.15, 0.2) is 33.5 Å². The molecule has 0 aliphatic heterocycles. The predicted octanol–water partition coefficient (Wildman–Crippen LogP) is 0.417. The molecule has 118 valence electrons. The van der Waals surface area contributed by atoms with Crippen molar-refractivity contribution in [1.29, 1.82) is 0 Å². The van der Waals surface area contributed by atoms with Crippen molar-refractivity contribution in [1.82, 2.24) is 0 Å². The minimum Gasteiger partial charge on any atom is -0.450 e. The van der Waals surface area contributed by atoms with E-state index in [2.05, 4.69) is 5.32 Å². The number of ether oxygens (including phenoxy) is 1. The Balaban J connectivity index is 2.28. The van der Waals surface area contributed by atoms with Crippen molar-refractivity contribution >= 4 is 22.7 Å². The summed E-state index contributed by atoms with van der Waals surface area (Å²) in [4.78, 5) is 23.0. The van der Waals surface area contributed by atoms with Gasteiger partial charge in [-0.1, -0.05) is 0 Å². The van der Waals surface area contributed by atoms with Crippen LogP contribution in [0.1, 0.15) is 12.5 Å². The Morgan fingerprint density at radius 2 is 2.23 bits per heavy atom. The number of hydrogen-bond acceptors (Lipinski definition) is 5. The molecule has 0 radical (unpaired) electrons. The number of anilines is 1. The number of nitrogens with one attached hydrogen (secondary N) is 1. The van der Waals surface area contributed by atoms with Gasteiger partial charge in [0.25, 0.3) is 0 Å². The van der Waals surface area contributed by atoms with Crippen LogP contribution >= 0.6 is 0 Å². The molecule has 1 amide bonds. The van der Waals surface area contributed by atoms with E-state index in [0.29, 0.717) is 24.4 Å². The summed E-state index contributed by atoms with van der Waals surface area (Å²) in [6.07, 6.45) is -0.559. The molecule has 0 unspecified atom stereocenters. The van der Waals surface area contributed by atoms with Crippen molar-refractivity contribution in [2.75, 3.05) is 25.1 Å². The van der Waals surface area contributed by atoms with Crippen molar-refractivity contribution < 1.29 is 24.4 Å². The van der Waals surface area contributed by atoms with E-state index in [-0.39, 0.29) is 13.2 Å². The first-order valence-corrected chi connectivity index (χ1v) is 7.07. The lowest BCUT2D eigenvalue weighted by Crippen LogP contribution is -2.83. The Kier molecular flexibility index (Phi) is 5.51. The highest BCUT2D eigenvalue weighted by molar-refractivity contribution is 5.89. The molecule has 0 aliphatic rings. The third-order valence-corrected chi connectivity index (χ3v) is 3.05. The fraction of sp³-hybridized carbons (Fsp3) is 0.333. The molecule has 0 aliphatic carbocycles. The van der Waals surface area contributed by atoms with Crippen molar-refractivity contribution in [3.05, 3.63) is 40.2 Å². The molecule has 1 aromatic heterocycles. The number of rotatable bonds is 6. The van der Waals surface area contributed by atoms with Gasteiger partial charge in [0.15, 0.2) is 0 Å². The number of fused-ring (bicyclic) bond motifs is 1. The number of aliphatic hydroxyl groups is 1. The van der Waals surface area contributed by atoms with Crippen LogP contribution in [-0.2, 0) is 11.3 Å². The first-order valence-electron chi connectivity index (χ1n) is 7.07. The summed E-state index contributed by atoms with van der Waals surface area (Å²) in [7, 11) is 0. The molecule has 4 N–H and O–H groups in total. The van der Waals surface area contributed by atoms with Gasteiger partial charge in [0.05, 0.1) is 19.8 Å². The summed E-state index contributed by atoms with van der Waals surface area (Å²) in [5, 5.41) is 14.1. The minimum absolute atomic E-state index is 0.0764. The quantitative estimate of drug-likeness (QED) is 0.530. The maximum Gasteiger partial charge on any atom is 0.411 e. The van der Waals surface area contributed by atoms with Gasteiger partial charge in [0, 0.05) is 28.8 Å². The second-order valence-corrected chi connectivity index (χ2v) is 4.65. The number of carbonyl (C=O) groups excluding carboxylic acids is 1. The van der Waals surface area contributed by atoms with Crippen molar-refractivity contribution in [3.8, 4) is 0 Å². The van der Waals surface area contributed by atoms with E-state index < -0.39 is 11.7 Å². The van der Waals surface area contributed by atoms with E-state index in [4.69, 9.17) is 14.3 Å². The lowest BCUT2D eigenvalue weighted by molar-refractivity contribution is -0.671. The fourth-order valence-corrected chi connectivity index (χ4v) is 2.11. The number of nitrogens with two attached hydrogens (primary N) is 1. The third kappa shape index (κ3) is 4.06. The average Bonchev–Trinajstić information content (AvgIpc) is 2.47. The second-order valence-electron chi connectivity index (χ2n) is 4.65. The van der Waals surface area contributed by atoms with Crippen LogP contribution < -0.4 is 16.3 Å². The highest BCUT2D eigenvalue weighted by Gasteiger charge is 2.09. The highest BCUT2D eigenvalue weighted by atomic mass is 16.5. The number of benzene rings is 1. The highest BCUT2D eigenvalue weighted by Crippen LogP contribution is 2.21. The van der Waals surface area contributed by atoms with Gasteiger partial charge in [-0.15, -0.1) is 0 Å². The summed E-state index contributed by atoms with van der Waals surface area (Å²) in [5.41, 5.74) is 1.26. The van der Waals surface area contributed by atoms with Crippen molar-refractivity contribution in [2.24, 2.45) is 0 Å². The Morgan fingerprint density at radius 1 is 1.41 bits per heavy atom. The summed E-state index contributed by atoms with van der Waals surface area (Å²) < 4.78 is 9.98. The van der Waals surface area contributed by atoms with Gasteiger partial charge in [0.2, 0.25) is 0 Å². The molecule has 7 heteroatoms. The Labute approximate surface area is 126 Å². The molecule has 0 fully saturated rings. The summed E-state index contributed by atoms with van der Waals surface area (Å²) in [6.45, 7) is 3.19. The molecule has 0 saturated heterocycles. The van der Waals surface area contributed by atoms with E-state index in [9.17, 15) is 9.59 Å². The van der Waals surface area contributed by atoms with Gasteiger partial charge in [-0.25, -0.2) is 9.59 Å². The van der Waals surface area contributed by atoms with Crippen molar-refractivity contribution in [3.63, 3.8) is 0 Å². The van der Waals surface area contributed by atoms with Crippen LogP contribution in [0.5, 0.6) is 0 Å². The molecule has 1 heterocycles. The van der Waals surface area contributed by atoms with E-state index in [1.54, 1.807) is 25.1 Å². The van der Waals surface area contributed by atoms with E-state index >= 15 is 0 Å². The normalized spacial score (nSPS) is 10.6. The maximum atomic E-state index is 11.6. The third-order valence-electron chi connectivity index (χ3n) is 3.05. The number of amides is 1. The number of hydrogen-bond donors (Lipinski definition) is 3. The molecule has 0 bridgehead atoms. The lowest BCUT2D eigenvalue weighted by atomic mass is 10.1. The van der Waals surface area contributed by atoms with E-state index in [1.165, 1.54) is 6.07 Å². The monoisotopic (exact) mass is 307 g/mol. The predicted molar refractivity (Wildman–Crippen MR) is 80.7 cm³/mol. The van der Waals surface area contributed by atoms with E-state index in [0.717, 1.165) is 10.9 Å². The van der Waals surface area contributed by atoms with Crippen LogP contribution in [0.3, 0.4) is 0 Å². The van der Waals surface area contributed by atoms with Gasteiger partial charge >= 0.3 is 11.7 Å². The molecule has 0 spiro atoms. The number of quaternary nitrogens is 1. The Morgan fingerprint density at radius 3 is 2.95 bits per heavy atom. The summed E-state index contributed by atoms with van der Waals surface area (Å²) >= 11 is 0. The van der Waals surface area contributed by atoms with Crippen molar-refractivity contribution in [2.45, 2.75) is 13.5 Å². The van der Waals surface area contributed by atoms with Gasteiger partial charge < -0.3 is 19.6 Å². The zero-order chi connectivity index (χ0) is 15.9. The summed E-state index contributed by atoms with van der Waals surface area (Å²) in [6, 6.07) is 6.52. The molecule has 0 atom stereocenters. The molecule has 7 nitrogen and oxygen atoms in total. The Bertz CT molecular complexity index is 711. The van der Waals surface area contributed by atoms with Crippen LogP contribution in [0.25, 0.3) is 11.0 Å². The first kappa shape index (κ1) is 16.0. The smallest absolute Gasteiger partial charge is 0.411 e. The molecule has 0 saturated carbocycles. The first-order chi connectivity index (χ1) is 10.6. The lowest BCUT2D eigenvalue weighted by Gasteiger charge is -2.08. The van der Waals surface area contributed by atoms with Gasteiger partial charge in [-0.3, -0.25) is 5.32 Å². The standard InChI is InChI=1S/C15H18N2O5/c1-2-21-15(20)17-11-3-4-12-10(9-16-5-6-18)7-14(19)22-13(12)8-11/h3-4,7-8,16,18H,2,5-6,9H2,1H3,(H,17,20)/p+1. The topological polar surface area (TPSA) is 105 Å². The zero-order valence-corrected chi connectivity index (χ0v) is 12.3. The molecule has 2 aromatic rings. The zero-order valence-electron chi connectivity index (χ0n) is 12.3. The number of carbonyl (C=O) groups is 1. The van der Waals surface area contributed by atoms with Gasteiger partial charge in [-0.05, 0) is 19.1 Å². The minimum atomic E-state index is -0.559. The largest absolute Gasteiger partial charge is 0.450 e. The van der Waals surface area contributed by atoms with Gasteiger partial charge in [-0.2, -0.15) is 0 Å². The van der Waals surface area contributed by atoms with E-state index in [1.807, 2.05) is 5.32 Å². The van der Waals surface area contributed by atoms with Crippen LogP contribution in [-0.4, -0.2) is 31.0 Å². The fourth-order valence-electron chi connectivity index (χ4n) is 2.11. The Hall–Kier alpha value is -2.38. The molecule has 1 aromatic carbocycles. The average molecular weight is 307 g/mol. The van der Waals surface area contributed by atoms with Gasteiger partial charge in [0.1, 0.15) is 12.1 Å². The summed E-state index contributed by atoms with van der Waals surface area (Å²) in [5.74, 6) is 0. The molecule has 22 heavy (non-hydrogen) atoms. The molecular weight excluding hydrogens is 288 g/mol.